The summed E-state index contributed by atoms with van der Waals surface area (Å²) < 4.78 is 10.9. The van der Waals surface area contributed by atoms with Gasteiger partial charge in [0.2, 0.25) is 5.88 Å². The summed E-state index contributed by atoms with van der Waals surface area (Å²) in [6.45, 7) is 13.6. The normalized spacial score (nSPS) is 10.2. The largest absolute Gasteiger partial charge is 0.480 e. The van der Waals surface area contributed by atoms with Crippen molar-refractivity contribution in [3.05, 3.63) is 24.6 Å². The molecule has 6 heteroatoms. The minimum Gasteiger partial charge on any atom is -0.480 e. The van der Waals surface area contributed by atoms with Crippen LogP contribution in [-0.4, -0.2) is 37.8 Å². The van der Waals surface area contributed by atoms with Crippen molar-refractivity contribution in [2.75, 3.05) is 43.5 Å². The molecule has 3 N–H and O–H groups in total. The van der Waals surface area contributed by atoms with Crippen molar-refractivity contribution >= 4 is 11.5 Å². The number of nitrogens with two attached hydrogens (primary N) is 1. The van der Waals surface area contributed by atoms with Gasteiger partial charge in [-0.3, -0.25) is 0 Å². The molecule has 0 bridgehead atoms. The molecular weight excluding hydrogens is 292 g/mol. The third-order valence-electron chi connectivity index (χ3n) is 3.15. The molecule has 0 spiro atoms. The summed E-state index contributed by atoms with van der Waals surface area (Å²) in [5.74, 6) is 1.57. The van der Waals surface area contributed by atoms with E-state index in [-0.39, 0.29) is 0 Å². The lowest BCUT2D eigenvalue weighted by Gasteiger charge is -2.24. The van der Waals surface area contributed by atoms with E-state index in [0.29, 0.717) is 37.3 Å². The topological polar surface area (TPSA) is 72.6 Å². The van der Waals surface area contributed by atoms with Gasteiger partial charge < -0.3 is 25.4 Å². The Labute approximate surface area is 139 Å². The standard InChI is InChI=1S/C17H30N4O2/c1-5-9-21(10-6-2)15-12-16(18)20-17(13-15)23-11-8-19-14(4)22-7-3/h12-13,19H,4-11H2,1-3H3,(H2,18,20). The summed E-state index contributed by atoms with van der Waals surface area (Å²) in [5, 5.41) is 3.04. The first-order chi connectivity index (χ1) is 11.1. The zero-order valence-electron chi connectivity index (χ0n) is 14.6. The molecule has 0 atom stereocenters. The van der Waals surface area contributed by atoms with Crippen LogP contribution in [0.25, 0.3) is 0 Å². The summed E-state index contributed by atoms with van der Waals surface area (Å²) >= 11 is 0. The van der Waals surface area contributed by atoms with Gasteiger partial charge in [-0.15, -0.1) is 0 Å². The van der Waals surface area contributed by atoms with E-state index in [0.717, 1.165) is 31.6 Å². The van der Waals surface area contributed by atoms with Crippen molar-refractivity contribution in [3.8, 4) is 5.88 Å². The van der Waals surface area contributed by atoms with Crippen LogP contribution in [0.3, 0.4) is 0 Å². The first kappa shape index (κ1) is 18.9. The molecule has 1 heterocycles. The first-order valence-corrected chi connectivity index (χ1v) is 8.31. The molecule has 0 aromatic carbocycles. The molecule has 23 heavy (non-hydrogen) atoms. The van der Waals surface area contributed by atoms with E-state index in [1.54, 1.807) is 0 Å². The lowest BCUT2D eigenvalue weighted by Crippen LogP contribution is -2.25. The van der Waals surface area contributed by atoms with E-state index in [1.807, 2.05) is 19.1 Å². The van der Waals surface area contributed by atoms with Crippen molar-refractivity contribution in [3.63, 3.8) is 0 Å². The molecule has 0 aliphatic carbocycles. The molecule has 0 saturated carbocycles. The molecule has 0 unspecified atom stereocenters. The number of hydrogen-bond donors (Lipinski definition) is 2. The highest BCUT2D eigenvalue weighted by Gasteiger charge is 2.08. The monoisotopic (exact) mass is 322 g/mol. The zero-order valence-corrected chi connectivity index (χ0v) is 14.6. The molecule has 0 aliphatic heterocycles. The summed E-state index contributed by atoms with van der Waals surface area (Å²) in [4.78, 5) is 6.54. The van der Waals surface area contributed by atoms with Gasteiger partial charge in [0, 0.05) is 30.9 Å². The molecule has 0 aliphatic rings. The van der Waals surface area contributed by atoms with Gasteiger partial charge in [-0.25, -0.2) is 0 Å². The second-order valence-corrected chi connectivity index (χ2v) is 5.21. The van der Waals surface area contributed by atoms with Crippen LogP contribution in [0.1, 0.15) is 33.6 Å². The van der Waals surface area contributed by atoms with Crippen LogP contribution in [-0.2, 0) is 4.74 Å². The highest BCUT2D eigenvalue weighted by molar-refractivity contribution is 5.55. The number of nitrogen functional groups attached to an aromatic ring is 1. The first-order valence-electron chi connectivity index (χ1n) is 8.31. The van der Waals surface area contributed by atoms with Crippen LogP contribution in [0.5, 0.6) is 5.88 Å². The maximum atomic E-state index is 5.91. The maximum Gasteiger partial charge on any atom is 0.217 e. The molecule has 1 rings (SSSR count). The Kier molecular flexibility index (Phi) is 8.72. The van der Waals surface area contributed by atoms with Gasteiger partial charge in [0.25, 0.3) is 0 Å². The molecule has 0 fully saturated rings. The van der Waals surface area contributed by atoms with E-state index in [9.17, 15) is 0 Å². The number of hydrogen-bond acceptors (Lipinski definition) is 6. The number of pyridine rings is 1. The molecule has 6 nitrogen and oxygen atoms in total. The minimum atomic E-state index is 0.462. The molecule has 1 aromatic heterocycles. The molecule has 1 aromatic rings. The van der Waals surface area contributed by atoms with Crippen LogP contribution >= 0.6 is 0 Å². The molecule has 0 radical (unpaired) electrons. The van der Waals surface area contributed by atoms with Gasteiger partial charge in [0.1, 0.15) is 12.4 Å². The van der Waals surface area contributed by atoms with E-state index < -0.39 is 0 Å². The molecule has 0 amide bonds. The summed E-state index contributed by atoms with van der Waals surface area (Å²) in [6.07, 6.45) is 2.17. The Bertz CT molecular complexity index is 474. The number of anilines is 2. The molecular formula is C17H30N4O2. The quantitative estimate of drug-likeness (QED) is 0.455. The predicted molar refractivity (Wildman–Crippen MR) is 95.7 cm³/mol. The Morgan fingerprint density at radius 1 is 1.26 bits per heavy atom. The van der Waals surface area contributed by atoms with Crippen molar-refractivity contribution in [1.82, 2.24) is 10.3 Å². The van der Waals surface area contributed by atoms with Gasteiger partial charge in [-0.05, 0) is 26.3 Å². The lowest BCUT2D eigenvalue weighted by atomic mass is 10.3. The van der Waals surface area contributed by atoms with Gasteiger partial charge in [0.15, 0.2) is 5.88 Å². The van der Waals surface area contributed by atoms with E-state index in [1.165, 1.54) is 0 Å². The average molecular weight is 322 g/mol. The van der Waals surface area contributed by atoms with Crippen LogP contribution in [0.4, 0.5) is 11.5 Å². The van der Waals surface area contributed by atoms with Crippen molar-refractivity contribution in [2.24, 2.45) is 0 Å². The number of aromatic nitrogens is 1. The number of nitrogens with zero attached hydrogens (tertiary/aromatic N) is 2. The highest BCUT2D eigenvalue weighted by atomic mass is 16.5. The fourth-order valence-corrected chi connectivity index (χ4v) is 2.25. The van der Waals surface area contributed by atoms with Gasteiger partial charge in [0.05, 0.1) is 13.2 Å². The second kappa shape index (κ2) is 10.6. The van der Waals surface area contributed by atoms with E-state index in [2.05, 4.69) is 35.6 Å². The van der Waals surface area contributed by atoms with Crippen molar-refractivity contribution in [2.45, 2.75) is 33.6 Å². The van der Waals surface area contributed by atoms with E-state index >= 15 is 0 Å². The van der Waals surface area contributed by atoms with E-state index in [4.69, 9.17) is 15.2 Å². The van der Waals surface area contributed by atoms with Crippen LogP contribution in [0.15, 0.2) is 24.6 Å². The third kappa shape index (κ3) is 7.13. The summed E-state index contributed by atoms with van der Waals surface area (Å²) in [7, 11) is 0. The van der Waals surface area contributed by atoms with Gasteiger partial charge in [-0.2, -0.15) is 4.98 Å². The SMILES string of the molecule is C=C(NCCOc1cc(N(CCC)CCC)cc(N)n1)OCC. The van der Waals surface area contributed by atoms with Crippen molar-refractivity contribution < 1.29 is 9.47 Å². The van der Waals surface area contributed by atoms with Crippen LogP contribution < -0.4 is 20.7 Å². The predicted octanol–water partition coefficient (Wildman–Crippen LogP) is 2.77. The Hall–Kier alpha value is -2.11. The average Bonchev–Trinajstić information content (AvgIpc) is 2.51. The molecule has 0 saturated heterocycles. The lowest BCUT2D eigenvalue weighted by molar-refractivity contribution is 0.200. The number of nitrogens with one attached hydrogen (secondary N) is 1. The maximum absolute atomic E-state index is 5.91. The fourth-order valence-electron chi connectivity index (χ4n) is 2.25. The van der Waals surface area contributed by atoms with Crippen LogP contribution in [0, 0.1) is 0 Å². The fraction of sp³-hybridized carbons (Fsp3) is 0.588. The number of rotatable bonds is 12. The summed E-state index contributed by atoms with van der Waals surface area (Å²) in [5.41, 5.74) is 6.97. The minimum absolute atomic E-state index is 0.462. The third-order valence-corrected chi connectivity index (χ3v) is 3.15. The second-order valence-electron chi connectivity index (χ2n) is 5.21. The van der Waals surface area contributed by atoms with Crippen molar-refractivity contribution in [1.29, 1.82) is 0 Å². The summed E-state index contributed by atoms with van der Waals surface area (Å²) in [6, 6.07) is 3.84. The Morgan fingerprint density at radius 2 is 1.96 bits per heavy atom. The Morgan fingerprint density at radius 3 is 2.57 bits per heavy atom. The van der Waals surface area contributed by atoms with Gasteiger partial charge >= 0.3 is 0 Å². The molecule has 130 valence electrons. The van der Waals surface area contributed by atoms with Crippen LogP contribution in [0.2, 0.25) is 0 Å². The smallest absolute Gasteiger partial charge is 0.217 e. The highest BCUT2D eigenvalue weighted by Crippen LogP contribution is 2.23. The number of ether oxygens (including phenoxy) is 2. The Balaban J connectivity index is 2.60. The zero-order chi connectivity index (χ0) is 17.1. The van der Waals surface area contributed by atoms with Gasteiger partial charge in [-0.1, -0.05) is 13.8 Å².